The normalized spacial score (nSPS) is 11.1. The lowest BCUT2D eigenvalue weighted by Gasteiger charge is -2.12. The summed E-state index contributed by atoms with van der Waals surface area (Å²) in [6.07, 6.45) is 0. The molecule has 0 saturated heterocycles. The first-order chi connectivity index (χ1) is 9.52. The smallest absolute Gasteiger partial charge is 0.123 e. The van der Waals surface area contributed by atoms with E-state index in [1.807, 2.05) is 7.05 Å². The molecule has 1 aromatic heterocycles. The zero-order chi connectivity index (χ0) is 14.7. The maximum atomic E-state index is 4.84. The summed E-state index contributed by atoms with van der Waals surface area (Å²) >= 11 is 1.79. The van der Waals surface area contributed by atoms with Crippen LogP contribution in [-0.2, 0) is 6.54 Å². The average molecular weight is 289 g/mol. The molecular formula is C16H23N3S. The van der Waals surface area contributed by atoms with Gasteiger partial charge in [0, 0.05) is 36.8 Å². The van der Waals surface area contributed by atoms with Crippen molar-refractivity contribution in [2.45, 2.75) is 26.3 Å². The Morgan fingerprint density at radius 3 is 2.35 bits per heavy atom. The highest BCUT2D eigenvalue weighted by atomic mass is 32.1. The fraction of sp³-hybridized carbons (Fsp3) is 0.438. The van der Waals surface area contributed by atoms with Crippen molar-refractivity contribution in [2.24, 2.45) is 0 Å². The maximum absolute atomic E-state index is 4.84. The minimum absolute atomic E-state index is 0.462. The lowest BCUT2D eigenvalue weighted by atomic mass is 10.1. The second kappa shape index (κ2) is 6.37. The molecule has 0 unspecified atom stereocenters. The van der Waals surface area contributed by atoms with Crippen molar-refractivity contribution in [3.05, 3.63) is 34.8 Å². The molecule has 1 heterocycles. The summed E-state index contributed by atoms with van der Waals surface area (Å²) in [7, 11) is 6.09. The van der Waals surface area contributed by atoms with Crippen molar-refractivity contribution in [2.75, 3.05) is 26.0 Å². The Kier molecular flexibility index (Phi) is 4.78. The van der Waals surface area contributed by atoms with E-state index in [1.165, 1.54) is 21.8 Å². The topological polar surface area (TPSA) is 28.2 Å². The molecular weight excluding hydrogens is 266 g/mol. The number of nitrogens with zero attached hydrogens (tertiary/aromatic N) is 2. The molecule has 0 amide bonds. The summed E-state index contributed by atoms with van der Waals surface area (Å²) in [6.45, 7) is 5.29. The number of aromatic nitrogens is 1. The fourth-order valence-electron chi connectivity index (χ4n) is 2.13. The van der Waals surface area contributed by atoms with E-state index in [0.29, 0.717) is 5.92 Å². The first-order valence-corrected chi connectivity index (χ1v) is 7.76. The summed E-state index contributed by atoms with van der Waals surface area (Å²) in [5, 5.41) is 4.35. The van der Waals surface area contributed by atoms with Crippen molar-refractivity contribution >= 4 is 17.0 Å². The zero-order valence-electron chi connectivity index (χ0n) is 12.9. The molecule has 108 valence electrons. The fourth-order valence-corrected chi connectivity index (χ4v) is 3.36. The predicted molar refractivity (Wildman–Crippen MR) is 88.7 cm³/mol. The standard InChI is InChI=1S/C16H23N3S/c1-11(2)15-14(10-17-3)20-16(18-15)12-6-8-13(9-7-12)19(4)5/h6-9,11,17H,10H2,1-5H3. The summed E-state index contributed by atoms with van der Waals surface area (Å²) < 4.78 is 0. The zero-order valence-corrected chi connectivity index (χ0v) is 13.7. The Labute approximate surface area is 125 Å². The molecule has 0 radical (unpaired) electrons. The van der Waals surface area contributed by atoms with E-state index in [2.05, 4.69) is 62.4 Å². The van der Waals surface area contributed by atoms with Crippen LogP contribution in [0.25, 0.3) is 10.6 Å². The summed E-state index contributed by atoms with van der Waals surface area (Å²) in [4.78, 5) is 8.29. The van der Waals surface area contributed by atoms with E-state index >= 15 is 0 Å². The molecule has 2 rings (SSSR count). The second-order valence-corrected chi connectivity index (χ2v) is 6.54. The van der Waals surface area contributed by atoms with Crippen molar-refractivity contribution < 1.29 is 0 Å². The molecule has 0 fully saturated rings. The maximum Gasteiger partial charge on any atom is 0.123 e. The molecule has 0 aliphatic carbocycles. The molecule has 4 heteroatoms. The Bertz CT molecular complexity index is 556. The van der Waals surface area contributed by atoms with Crippen LogP contribution in [0.5, 0.6) is 0 Å². The van der Waals surface area contributed by atoms with Crippen molar-refractivity contribution in [3.8, 4) is 10.6 Å². The highest BCUT2D eigenvalue weighted by molar-refractivity contribution is 7.15. The lowest BCUT2D eigenvalue weighted by Crippen LogP contribution is -2.07. The van der Waals surface area contributed by atoms with Crippen LogP contribution in [0.4, 0.5) is 5.69 Å². The molecule has 1 aromatic carbocycles. The highest BCUT2D eigenvalue weighted by Crippen LogP contribution is 2.32. The monoisotopic (exact) mass is 289 g/mol. The first kappa shape index (κ1) is 15.0. The Hall–Kier alpha value is -1.39. The third kappa shape index (κ3) is 3.19. The first-order valence-electron chi connectivity index (χ1n) is 6.95. The van der Waals surface area contributed by atoms with E-state index in [1.54, 1.807) is 11.3 Å². The van der Waals surface area contributed by atoms with Gasteiger partial charge in [0.2, 0.25) is 0 Å². The van der Waals surface area contributed by atoms with Gasteiger partial charge < -0.3 is 10.2 Å². The third-order valence-electron chi connectivity index (χ3n) is 3.24. The molecule has 0 bridgehead atoms. The van der Waals surface area contributed by atoms with Gasteiger partial charge in [-0.25, -0.2) is 4.98 Å². The largest absolute Gasteiger partial charge is 0.378 e. The number of benzene rings is 1. The molecule has 0 atom stereocenters. The van der Waals surface area contributed by atoms with Gasteiger partial charge >= 0.3 is 0 Å². The van der Waals surface area contributed by atoms with E-state index in [4.69, 9.17) is 4.98 Å². The van der Waals surface area contributed by atoms with E-state index in [0.717, 1.165) is 11.6 Å². The molecule has 3 nitrogen and oxygen atoms in total. The van der Waals surface area contributed by atoms with Gasteiger partial charge in [0.25, 0.3) is 0 Å². The Morgan fingerprint density at radius 2 is 1.85 bits per heavy atom. The number of nitrogens with one attached hydrogen (secondary N) is 1. The van der Waals surface area contributed by atoms with Gasteiger partial charge in [0.05, 0.1) is 5.69 Å². The van der Waals surface area contributed by atoms with Gasteiger partial charge in [0.1, 0.15) is 5.01 Å². The number of rotatable bonds is 5. The number of thiazole rings is 1. The van der Waals surface area contributed by atoms with Crippen LogP contribution in [0.2, 0.25) is 0 Å². The number of hydrogen-bond donors (Lipinski definition) is 1. The Morgan fingerprint density at radius 1 is 1.20 bits per heavy atom. The minimum Gasteiger partial charge on any atom is -0.378 e. The van der Waals surface area contributed by atoms with Crippen LogP contribution >= 0.6 is 11.3 Å². The van der Waals surface area contributed by atoms with Crippen LogP contribution in [0, 0.1) is 0 Å². The van der Waals surface area contributed by atoms with Gasteiger partial charge in [0.15, 0.2) is 0 Å². The van der Waals surface area contributed by atoms with Crippen LogP contribution in [0.15, 0.2) is 24.3 Å². The van der Waals surface area contributed by atoms with Crippen LogP contribution < -0.4 is 10.2 Å². The number of anilines is 1. The number of hydrogen-bond acceptors (Lipinski definition) is 4. The van der Waals surface area contributed by atoms with Gasteiger partial charge in [-0.15, -0.1) is 11.3 Å². The van der Waals surface area contributed by atoms with Gasteiger partial charge in [-0.2, -0.15) is 0 Å². The highest BCUT2D eigenvalue weighted by Gasteiger charge is 2.14. The summed E-state index contributed by atoms with van der Waals surface area (Å²) in [5.74, 6) is 0.462. The second-order valence-electron chi connectivity index (χ2n) is 5.45. The summed E-state index contributed by atoms with van der Waals surface area (Å²) in [6, 6.07) is 8.59. The summed E-state index contributed by atoms with van der Waals surface area (Å²) in [5.41, 5.74) is 3.63. The van der Waals surface area contributed by atoms with E-state index in [9.17, 15) is 0 Å². The van der Waals surface area contributed by atoms with Gasteiger partial charge in [-0.3, -0.25) is 0 Å². The lowest BCUT2D eigenvalue weighted by molar-refractivity contribution is 0.771. The minimum atomic E-state index is 0.462. The van der Waals surface area contributed by atoms with Gasteiger partial charge in [-0.1, -0.05) is 13.8 Å². The van der Waals surface area contributed by atoms with Crippen LogP contribution in [0.1, 0.15) is 30.3 Å². The molecule has 0 saturated carbocycles. The molecule has 20 heavy (non-hydrogen) atoms. The molecule has 1 N–H and O–H groups in total. The third-order valence-corrected chi connectivity index (χ3v) is 4.36. The van der Waals surface area contributed by atoms with Crippen molar-refractivity contribution in [1.82, 2.24) is 10.3 Å². The molecule has 0 aliphatic heterocycles. The SMILES string of the molecule is CNCc1sc(-c2ccc(N(C)C)cc2)nc1C(C)C. The van der Waals surface area contributed by atoms with E-state index in [-0.39, 0.29) is 0 Å². The predicted octanol–water partition coefficient (Wildman–Crippen LogP) is 3.72. The van der Waals surface area contributed by atoms with Gasteiger partial charge in [-0.05, 0) is 37.2 Å². The average Bonchev–Trinajstić information content (AvgIpc) is 2.83. The molecule has 0 spiro atoms. The molecule has 0 aliphatic rings. The van der Waals surface area contributed by atoms with Crippen LogP contribution in [0.3, 0.4) is 0 Å². The quantitative estimate of drug-likeness (QED) is 0.909. The van der Waals surface area contributed by atoms with Crippen molar-refractivity contribution in [1.29, 1.82) is 0 Å². The Balaban J connectivity index is 2.34. The van der Waals surface area contributed by atoms with Crippen molar-refractivity contribution in [3.63, 3.8) is 0 Å². The van der Waals surface area contributed by atoms with E-state index < -0.39 is 0 Å². The molecule has 2 aromatic rings. The van der Waals surface area contributed by atoms with Crippen LogP contribution in [-0.4, -0.2) is 26.1 Å².